The van der Waals surface area contributed by atoms with Gasteiger partial charge in [-0.1, -0.05) is 30.3 Å². The molecule has 0 saturated heterocycles. The van der Waals surface area contributed by atoms with Crippen LogP contribution in [-0.4, -0.2) is 26.0 Å². The topological polar surface area (TPSA) is 61.8 Å². The number of aldehydes is 1. The van der Waals surface area contributed by atoms with Crippen molar-refractivity contribution in [2.75, 3.05) is 13.7 Å². The molecule has 0 aliphatic carbocycles. The minimum atomic E-state index is -0.463. The van der Waals surface area contributed by atoms with Gasteiger partial charge in [0.25, 0.3) is 0 Å². The molecular formula is C23H20O5. The van der Waals surface area contributed by atoms with Crippen molar-refractivity contribution in [2.24, 2.45) is 0 Å². The molecule has 0 atom stereocenters. The Labute approximate surface area is 163 Å². The molecule has 0 aliphatic rings. The second-order valence-corrected chi connectivity index (χ2v) is 6.08. The average molecular weight is 376 g/mol. The Kier molecular flexibility index (Phi) is 6.41. The number of benzene rings is 3. The monoisotopic (exact) mass is 376 g/mol. The molecule has 0 amide bonds. The van der Waals surface area contributed by atoms with Gasteiger partial charge < -0.3 is 14.2 Å². The van der Waals surface area contributed by atoms with E-state index in [2.05, 4.69) is 4.74 Å². The summed E-state index contributed by atoms with van der Waals surface area (Å²) in [5.74, 6) is 1.56. The second kappa shape index (κ2) is 9.37. The van der Waals surface area contributed by atoms with E-state index in [0.717, 1.165) is 28.9 Å². The van der Waals surface area contributed by atoms with Crippen LogP contribution in [0, 0.1) is 0 Å². The molecule has 5 nitrogen and oxygen atoms in total. The number of hydrogen-bond donors (Lipinski definition) is 0. The van der Waals surface area contributed by atoms with Gasteiger partial charge in [-0.25, -0.2) is 4.79 Å². The van der Waals surface area contributed by atoms with Crippen LogP contribution in [0.1, 0.15) is 21.5 Å². The number of carbonyl (C=O) groups excluding carboxylic acids is 2. The SMILES string of the molecule is COC(=O)COc1ccc(C=O)c(Cc2ccc(Oc3ccccc3)cc2)c1. The van der Waals surface area contributed by atoms with E-state index in [9.17, 15) is 9.59 Å². The Balaban J connectivity index is 1.71. The zero-order valence-corrected chi connectivity index (χ0v) is 15.5. The minimum Gasteiger partial charge on any atom is -0.482 e. The summed E-state index contributed by atoms with van der Waals surface area (Å²) in [5, 5.41) is 0. The third-order valence-electron chi connectivity index (χ3n) is 4.12. The first-order chi connectivity index (χ1) is 13.7. The van der Waals surface area contributed by atoms with Gasteiger partial charge in [-0.15, -0.1) is 0 Å². The van der Waals surface area contributed by atoms with Crippen molar-refractivity contribution in [2.45, 2.75) is 6.42 Å². The molecule has 0 spiro atoms. The lowest BCUT2D eigenvalue weighted by atomic mass is 10.00. The van der Waals surface area contributed by atoms with Gasteiger partial charge in [0.05, 0.1) is 7.11 Å². The maximum atomic E-state index is 11.4. The third kappa shape index (κ3) is 5.20. The lowest BCUT2D eigenvalue weighted by Crippen LogP contribution is -2.12. The lowest BCUT2D eigenvalue weighted by molar-refractivity contribution is -0.142. The first-order valence-corrected chi connectivity index (χ1v) is 8.77. The molecule has 0 radical (unpaired) electrons. The Morgan fingerprint density at radius 1 is 0.893 bits per heavy atom. The summed E-state index contributed by atoms with van der Waals surface area (Å²) in [4.78, 5) is 22.6. The van der Waals surface area contributed by atoms with Gasteiger partial charge >= 0.3 is 5.97 Å². The Morgan fingerprint density at radius 3 is 2.25 bits per heavy atom. The summed E-state index contributed by atoms with van der Waals surface area (Å²) in [6.45, 7) is -0.179. The van der Waals surface area contributed by atoms with Gasteiger partial charge in [0.15, 0.2) is 6.61 Å². The molecule has 28 heavy (non-hydrogen) atoms. The lowest BCUT2D eigenvalue weighted by Gasteiger charge is -2.10. The predicted octanol–water partition coefficient (Wildman–Crippen LogP) is 4.43. The van der Waals surface area contributed by atoms with Crippen molar-refractivity contribution in [3.63, 3.8) is 0 Å². The largest absolute Gasteiger partial charge is 0.482 e. The van der Waals surface area contributed by atoms with E-state index >= 15 is 0 Å². The highest BCUT2D eigenvalue weighted by Crippen LogP contribution is 2.24. The van der Waals surface area contributed by atoms with Crippen molar-refractivity contribution in [3.8, 4) is 17.2 Å². The van der Waals surface area contributed by atoms with Crippen molar-refractivity contribution >= 4 is 12.3 Å². The average Bonchev–Trinajstić information content (AvgIpc) is 2.74. The maximum Gasteiger partial charge on any atom is 0.343 e. The quantitative estimate of drug-likeness (QED) is 0.430. The molecule has 0 N–H and O–H groups in total. The normalized spacial score (nSPS) is 10.2. The molecule has 0 bridgehead atoms. The van der Waals surface area contributed by atoms with Gasteiger partial charge in [0.1, 0.15) is 23.5 Å². The Hall–Kier alpha value is -3.60. The van der Waals surface area contributed by atoms with Gasteiger partial charge in [0.2, 0.25) is 0 Å². The fraction of sp³-hybridized carbons (Fsp3) is 0.130. The molecule has 0 aromatic heterocycles. The first kappa shape index (κ1) is 19.2. The van der Waals surface area contributed by atoms with Crippen LogP contribution in [0.5, 0.6) is 17.2 Å². The van der Waals surface area contributed by atoms with Crippen LogP contribution < -0.4 is 9.47 Å². The van der Waals surface area contributed by atoms with E-state index in [4.69, 9.17) is 9.47 Å². The predicted molar refractivity (Wildman–Crippen MR) is 105 cm³/mol. The standard InChI is InChI=1S/C23H20O5/c1-26-23(25)16-27-22-12-9-18(15-24)19(14-22)13-17-7-10-21(11-8-17)28-20-5-3-2-4-6-20/h2-12,14-15H,13,16H2,1H3. The summed E-state index contributed by atoms with van der Waals surface area (Å²) in [5.41, 5.74) is 2.41. The fourth-order valence-corrected chi connectivity index (χ4v) is 2.66. The summed E-state index contributed by atoms with van der Waals surface area (Å²) in [6, 6.07) is 22.3. The molecule has 0 heterocycles. The summed E-state index contributed by atoms with van der Waals surface area (Å²) < 4.78 is 15.8. The van der Waals surface area contributed by atoms with Gasteiger partial charge in [-0.05, 0) is 60.0 Å². The molecule has 3 aromatic carbocycles. The smallest absolute Gasteiger partial charge is 0.343 e. The number of para-hydroxylation sites is 1. The van der Waals surface area contributed by atoms with Crippen LogP contribution in [-0.2, 0) is 16.0 Å². The molecule has 0 aliphatic heterocycles. The van der Waals surface area contributed by atoms with Crippen molar-refractivity contribution in [1.82, 2.24) is 0 Å². The van der Waals surface area contributed by atoms with Crippen LogP contribution in [0.2, 0.25) is 0 Å². The van der Waals surface area contributed by atoms with Crippen molar-refractivity contribution < 1.29 is 23.8 Å². The molecule has 5 heteroatoms. The first-order valence-electron chi connectivity index (χ1n) is 8.77. The highest BCUT2D eigenvalue weighted by molar-refractivity contribution is 5.78. The number of rotatable bonds is 8. The minimum absolute atomic E-state index is 0.179. The zero-order chi connectivity index (χ0) is 19.8. The van der Waals surface area contributed by atoms with E-state index in [1.165, 1.54) is 7.11 Å². The van der Waals surface area contributed by atoms with E-state index in [1.54, 1.807) is 18.2 Å². The Morgan fingerprint density at radius 2 is 1.57 bits per heavy atom. The van der Waals surface area contributed by atoms with Crippen LogP contribution in [0.4, 0.5) is 0 Å². The van der Waals surface area contributed by atoms with Crippen molar-refractivity contribution in [1.29, 1.82) is 0 Å². The van der Waals surface area contributed by atoms with Crippen LogP contribution in [0.3, 0.4) is 0 Å². The summed E-state index contributed by atoms with van der Waals surface area (Å²) in [6.07, 6.45) is 1.36. The molecule has 142 valence electrons. The molecule has 0 saturated carbocycles. The molecular weight excluding hydrogens is 356 g/mol. The highest BCUT2D eigenvalue weighted by atomic mass is 16.6. The van der Waals surface area contributed by atoms with Crippen LogP contribution in [0.25, 0.3) is 0 Å². The molecule has 3 rings (SSSR count). The number of methoxy groups -OCH3 is 1. The number of esters is 1. The van der Waals surface area contributed by atoms with E-state index in [0.29, 0.717) is 17.7 Å². The molecule has 3 aromatic rings. The highest BCUT2D eigenvalue weighted by Gasteiger charge is 2.08. The summed E-state index contributed by atoms with van der Waals surface area (Å²) >= 11 is 0. The number of ether oxygens (including phenoxy) is 3. The maximum absolute atomic E-state index is 11.4. The number of hydrogen-bond acceptors (Lipinski definition) is 5. The number of carbonyl (C=O) groups is 2. The second-order valence-electron chi connectivity index (χ2n) is 6.08. The van der Waals surface area contributed by atoms with Crippen LogP contribution >= 0.6 is 0 Å². The zero-order valence-electron chi connectivity index (χ0n) is 15.5. The van der Waals surface area contributed by atoms with Crippen LogP contribution in [0.15, 0.2) is 72.8 Å². The van der Waals surface area contributed by atoms with Gasteiger partial charge in [-0.3, -0.25) is 4.79 Å². The fourth-order valence-electron chi connectivity index (χ4n) is 2.66. The van der Waals surface area contributed by atoms with E-state index in [1.807, 2.05) is 54.6 Å². The summed E-state index contributed by atoms with van der Waals surface area (Å²) in [7, 11) is 1.30. The Bertz CT molecular complexity index is 933. The van der Waals surface area contributed by atoms with E-state index in [-0.39, 0.29) is 6.61 Å². The van der Waals surface area contributed by atoms with E-state index < -0.39 is 5.97 Å². The molecule has 0 fully saturated rings. The van der Waals surface area contributed by atoms with Gasteiger partial charge in [0, 0.05) is 5.56 Å². The third-order valence-corrected chi connectivity index (χ3v) is 4.12. The van der Waals surface area contributed by atoms with Gasteiger partial charge in [-0.2, -0.15) is 0 Å². The molecule has 0 unspecified atom stereocenters. The van der Waals surface area contributed by atoms with Crippen molar-refractivity contribution in [3.05, 3.63) is 89.5 Å².